The number of amides is 1. The molecule has 1 aromatic rings. The molecular formula is C13H18BrNO2. The minimum Gasteiger partial charge on any atom is -0.465 e. The highest BCUT2D eigenvalue weighted by Gasteiger charge is 2.26. The minimum absolute atomic E-state index is 0.402. The number of benzene rings is 1. The van der Waals surface area contributed by atoms with Crippen molar-refractivity contribution < 1.29 is 9.90 Å². The number of halogens is 1. The summed E-state index contributed by atoms with van der Waals surface area (Å²) < 4.78 is 0.970. The Morgan fingerprint density at radius 3 is 2.47 bits per heavy atom. The summed E-state index contributed by atoms with van der Waals surface area (Å²) in [6.45, 7) is 8.09. The predicted octanol–water partition coefficient (Wildman–Crippen LogP) is 4.04. The molecule has 0 bridgehead atoms. The van der Waals surface area contributed by atoms with Gasteiger partial charge in [-0.25, -0.2) is 4.79 Å². The second-order valence-corrected chi connectivity index (χ2v) is 6.03. The van der Waals surface area contributed by atoms with Crippen LogP contribution in [-0.4, -0.2) is 21.6 Å². The summed E-state index contributed by atoms with van der Waals surface area (Å²) in [5.74, 6) is 0. The summed E-state index contributed by atoms with van der Waals surface area (Å²) in [5, 5.41) is 9.24. The average molecular weight is 300 g/mol. The van der Waals surface area contributed by atoms with Crippen molar-refractivity contribution in [3.63, 3.8) is 0 Å². The molecule has 1 N–H and O–H groups in total. The van der Waals surface area contributed by atoms with Gasteiger partial charge >= 0.3 is 6.09 Å². The van der Waals surface area contributed by atoms with E-state index in [1.807, 2.05) is 45.9 Å². The predicted molar refractivity (Wildman–Crippen MR) is 72.2 cm³/mol. The summed E-state index contributed by atoms with van der Waals surface area (Å²) in [6.07, 6.45) is -0.892. The van der Waals surface area contributed by atoms with Crippen molar-refractivity contribution >= 4 is 22.0 Å². The maximum Gasteiger partial charge on any atom is 0.408 e. The largest absolute Gasteiger partial charge is 0.465 e. The lowest BCUT2D eigenvalue weighted by atomic mass is 10.0. The Kier molecular flexibility index (Phi) is 4.20. The van der Waals surface area contributed by atoms with Gasteiger partial charge in [0.05, 0.1) is 0 Å². The molecule has 0 heterocycles. The first-order valence-electron chi connectivity index (χ1n) is 5.47. The fourth-order valence-corrected chi connectivity index (χ4v) is 1.98. The molecule has 0 aliphatic carbocycles. The topological polar surface area (TPSA) is 40.5 Å². The summed E-state index contributed by atoms with van der Waals surface area (Å²) in [6, 6.07) is 5.92. The molecule has 0 unspecified atom stereocenters. The van der Waals surface area contributed by atoms with Crippen LogP contribution in [0.1, 0.15) is 31.9 Å². The monoisotopic (exact) mass is 299 g/mol. The van der Waals surface area contributed by atoms with Crippen LogP contribution in [0.4, 0.5) is 4.79 Å². The highest BCUT2D eigenvalue weighted by molar-refractivity contribution is 9.10. The number of carboxylic acid groups (broad SMARTS) is 1. The molecule has 1 amide bonds. The van der Waals surface area contributed by atoms with E-state index in [9.17, 15) is 9.90 Å². The van der Waals surface area contributed by atoms with Crippen molar-refractivity contribution in [3.05, 3.63) is 33.8 Å². The molecule has 0 aliphatic rings. The minimum atomic E-state index is -0.892. The number of hydrogen-bond donors (Lipinski definition) is 1. The molecule has 0 saturated carbocycles. The van der Waals surface area contributed by atoms with E-state index in [-0.39, 0.29) is 0 Å². The van der Waals surface area contributed by atoms with E-state index < -0.39 is 11.6 Å². The lowest BCUT2D eigenvalue weighted by Gasteiger charge is -2.33. The number of hydrogen-bond acceptors (Lipinski definition) is 1. The molecule has 3 nitrogen and oxygen atoms in total. The molecule has 0 atom stereocenters. The van der Waals surface area contributed by atoms with Gasteiger partial charge in [0.25, 0.3) is 0 Å². The third kappa shape index (κ3) is 3.73. The molecule has 0 spiro atoms. The fourth-order valence-electron chi connectivity index (χ4n) is 1.57. The molecule has 17 heavy (non-hydrogen) atoms. The highest BCUT2D eigenvalue weighted by Crippen LogP contribution is 2.22. The molecule has 4 heteroatoms. The van der Waals surface area contributed by atoms with Crippen LogP contribution < -0.4 is 0 Å². The first kappa shape index (κ1) is 14.0. The Labute approximate surface area is 111 Å². The van der Waals surface area contributed by atoms with Crippen LogP contribution >= 0.6 is 15.9 Å². The van der Waals surface area contributed by atoms with Gasteiger partial charge in [-0.15, -0.1) is 0 Å². The Hall–Kier alpha value is -1.03. The lowest BCUT2D eigenvalue weighted by molar-refractivity contribution is 0.0954. The zero-order chi connectivity index (χ0) is 13.2. The van der Waals surface area contributed by atoms with E-state index in [1.165, 1.54) is 4.90 Å². The molecule has 94 valence electrons. The summed E-state index contributed by atoms with van der Waals surface area (Å²) >= 11 is 3.41. The molecule has 0 aliphatic heterocycles. The van der Waals surface area contributed by atoms with Crippen LogP contribution in [0.3, 0.4) is 0 Å². The summed E-state index contributed by atoms with van der Waals surface area (Å²) in [4.78, 5) is 12.7. The van der Waals surface area contributed by atoms with Crippen LogP contribution in [0, 0.1) is 6.92 Å². The van der Waals surface area contributed by atoms with Gasteiger partial charge in [-0.1, -0.05) is 22.0 Å². The van der Waals surface area contributed by atoms with Crippen molar-refractivity contribution in [2.45, 2.75) is 39.8 Å². The van der Waals surface area contributed by atoms with E-state index in [4.69, 9.17) is 0 Å². The van der Waals surface area contributed by atoms with Crippen LogP contribution in [-0.2, 0) is 6.54 Å². The van der Waals surface area contributed by atoms with E-state index in [0.29, 0.717) is 6.54 Å². The van der Waals surface area contributed by atoms with Gasteiger partial charge in [0, 0.05) is 16.6 Å². The number of carbonyl (C=O) groups is 1. The molecule has 1 rings (SSSR count). The maximum absolute atomic E-state index is 11.3. The molecule has 0 radical (unpaired) electrons. The summed E-state index contributed by atoms with van der Waals surface area (Å²) in [7, 11) is 0. The second-order valence-electron chi connectivity index (χ2n) is 5.11. The van der Waals surface area contributed by atoms with Gasteiger partial charge in [0.15, 0.2) is 0 Å². The maximum atomic E-state index is 11.3. The van der Waals surface area contributed by atoms with Crippen LogP contribution in [0.15, 0.2) is 22.7 Å². The first-order valence-corrected chi connectivity index (χ1v) is 6.26. The van der Waals surface area contributed by atoms with Gasteiger partial charge in [-0.2, -0.15) is 0 Å². The van der Waals surface area contributed by atoms with E-state index in [0.717, 1.165) is 15.6 Å². The normalized spacial score (nSPS) is 11.4. The van der Waals surface area contributed by atoms with Gasteiger partial charge in [-0.05, 0) is 51.0 Å². The van der Waals surface area contributed by atoms with E-state index in [2.05, 4.69) is 15.9 Å². The van der Waals surface area contributed by atoms with E-state index in [1.54, 1.807) is 0 Å². The molecule has 0 aromatic heterocycles. The van der Waals surface area contributed by atoms with Gasteiger partial charge in [0.1, 0.15) is 0 Å². The highest BCUT2D eigenvalue weighted by atomic mass is 79.9. The second kappa shape index (κ2) is 5.08. The van der Waals surface area contributed by atoms with Crippen molar-refractivity contribution in [1.29, 1.82) is 0 Å². The third-order valence-corrected chi connectivity index (χ3v) is 3.17. The zero-order valence-corrected chi connectivity index (χ0v) is 12.2. The quantitative estimate of drug-likeness (QED) is 0.895. The number of rotatable bonds is 2. The van der Waals surface area contributed by atoms with Gasteiger partial charge < -0.3 is 5.11 Å². The first-order chi connectivity index (χ1) is 7.71. The zero-order valence-electron chi connectivity index (χ0n) is 10.6. The van der Waals surface area contributed by atoms with Crippen LogP contribution in [0.25, 0.3) is 0 Å². The lowest BCUT2D eigenvalue weighted by Crippen LogP contribution is -2.44. The average Bonchev–Trinajstić information content (AvgIpc) is 2.17. The molecular weight excluding hydrogens is 282 g/mol. The standard InChI is InChI=1S/C13H18BrNO2/c1-9-5-6-11(14)7-10(9)8-15(12(16)17)13(2,3)4/h5-7H,8H2,1-4H3,(H,16,17). The Balaban J connectivity index is 3.02. The van der Waals surface area contributed by atoms with E-state index >= 15 is 0 Å². The SMILES string of the molecule is Cc1ccc(Br)cc1CN(C(=O)O)C(C)(C)C. The molecule has 1 aromatic carbocycles. The Bertz CT molecular complexity index is 424. The van der Waals surface area contributed by atoms with Crippen LogP contribution in [0.5, 0.6) is 0 Å². The molecule has 0 fully saturated rings. The number of aryl methyl sites for hydroxylation is 1. The van der Waals surface area contributed by atoms with Gasteiger partial charge in [0.2, 0.25) is 0 Å². The summed E-state index contributed by atoms with van der Waals surface area (Å²) in [5.41, 5.74) is 1.72. The smallest absolute Gasteiger partial charge is 0.408 e. The third-order valence-electron chi connectivity index (χ3n) is 2.68. The van der Waals surface area contributed by atoms with Gasteiger partial charge in [-0.3, -0.25) is 4.90 Å². The Morgan fingerprint density at radius 1 is 1.41 bits per heavy atom. The molecule has 0 saturated heterocycles. The van der Waals surface area contributed by atoms with Crippen molar-refractivity contribution in [2.24, 2.45) is 0 Å². The van der Waals surface area contributed by atoms with Crippen molar-refractivity contribution in [3.8, 4) is 0 Å². The van der Waals surface area contributed by atoms with Crippen molar-refractivity contribution in [1.82, 2.24) is 4.90 Å². The van der Waals surface area contributed by atoms with Crippen LogP contribution in [0.2, 0.25) is 0 Å². The van der Waals surface area contributed by atoms with Crippen molar-refractivity contribution in [2.75, 3.05) is 0 Å². The fraction of sp³-hybridized carbons (Fsp3) is 0.462. The number of nitrogens with zero attached hydrogens (tertiary/aromatic N) is 1. The Morgan fingerprint density at radius 2 is 2.00 bits per heavy atom.